The Hall–Kier alpha value is -2.25. The predicted molar refractivity (Wildman–Crippen MR) is 104 cm³/mol. The van der Waals surface area contributed by atoms with Crippen LogP contribution in [0.2, 0.25) is 0 Å². The van der Waals surface area contributed by atoms with Gasteiger partial charge in [-0.3, -0.25) is 0 Å². The van der Waals surface area contributed by atoms with E-state index in [9.17, 15) is 19.8 Å². The number of phenolic OH excluding ortho intramolecular Hbond substituents is 1. The van der Waals surface area contributed by atoms with Crippen LogP contribution in [0.5, 0.6) is 5.75 Å². The van der Waals surface area contributed by atoms with Gasteiger partial charge in [-0.05, 0) is 69.0 Å². The molecule has 2 fully saturated rings. The van der Waals surface area contributed by atoms with Crippen molar-refractivity contribution in [2.24, 2.45) is 5.92 Å². The van der Waals surface area contributed by atoms with E-state index in [2.05, 4.69) is 16.9 Å². The maximum absolute atomic E-state index is 12.8. The number of nitrogens with zero attached hydrogens (tertiary/aromatic N) is 2. The number of rotatable bonds is 1. The Morgan fingerprint density at radius 1 is 1.36 bits per heavy atom. The largest absolute Gasteiger partial charge is 0.508 e. The highest BCUT2D eigenvalue weighted by molar-refractivity contribution is 5.92. The molecule has 0 radical (unpaired) electrons. The quantitative estimate of drug-likeness (QED) is 0.495. The molecule has 4 unspecified atom stereocenters. The number of piperidine rings is 1. The van der Waals surface area contributed by atoms with Crippen molar-refractivity contribution in [2.45, 2.75) is 49.2 Å². The van der Waals surface area contributed by atoms with Gasteiger partial charge in [0.15, 0.2) is 0 Å². The topological polar surface area (TPSA) is 92.9 Å². The number of urea groups is 1. The summed E-state index contributed by atoms with van der Waals surface area (Å²) in [4.78, 5) is 26.9. The highest BCUT2D eigenvalue weighted by Crippen LogP contribution is 2.59. The molecule has 7 heteroatoms. The highest BCUT2D eigenvalue weighted by Gasteiger charge is 2.65. The lowest BCUT2D eigenvalue weighted by atomic mass is 9.48. The summed E-state index contributed by atoms with van der Waals surface area (Å²) in [6.07, 6.45) is 2.91. The van der Waals surface area contributed by atoms with Crippen molar-refractivity contribution in [3.63, 3.8) is 0 Å². The van der Waals surface area contributed by atoms with Crippen LogP contribution in [-0.2, 0) is 16.6 Å². The van der Waals surface area contributed by atoms with Gasteiger partial charge in [0.25, 0.3) is 0 Å². The lowest BCUT2D eigenvalue weighted by Gasteiger charge is -2.64. The van der Waals surface area contributed by atoms with Crippen molar-refractivity contribution in [3.8, 4) is 5.75 Å². The van der Waals surface area contributed by atoms with Crippen molar-refractivity contribution in [1.29, 1.82) is 0 Å². The molecule has 3 N–H and O–H groups in total. The average Bonchev–Trinajstić information content (AvgIpc) is 2.64. The van der Waals surface area contributed by atoms with E-state index >= 15 is 0 Å². The Bertz CT molecular complexity index is 869. The number of imide groups is 1. The zero-order valence-electron chi connectivity index (χ0n) is 16.4. The van der Waals surface area contributed by atoms with Gasteiger partial charge in [0.2, 0.25) is 0 Å². The lowest BCUT2D eigenvalue weighted by molar-refractivity contribution is -0.383. The van der Waals surface area contributed by atoms with E-state index in [1.807, 2.05) is 13.1 Å². The van der Waals surface area contributed by atoms with Crippen molar-refractivity contribution in [3.05, 3.63) is 29.3 Å². The van der Waals surface area contributed by atoms with Crippen LogP contribution in [0.3, 0.4) is 0 Å². The first-order valence-corrected chi connectivity index (χ1v) is 9.82. The number of fused-ring (bicyclic) bond motifs is 1. The zero-order valence-corrected chi connectivity index (χ0v) is 16.4. The van der Waals surface area contributed by atoms with Crippen molar-refractivity contribution >= 4 is 18.7 Å². The highest BCUT2D eigenvalue weighted by atomic mass is 16.3. The van der Waals surface area contributed by atoms with E-state index in [-0.39, 0.29) is 23.6 Å². The van der Waals surface area contributed by atoms with E-state index in [1.54, 1.807) is 12.1 Å². The number of amides is 3. The normalized spacial score (nSPS) is 34.1. The summed E-state index contributed by atoms with van der Waals surface area (Å²) in [5.41, 5.74) is 0.520. The van der Waals surface area contributed by atoms with E-state index in [4.69, 9.17) is 0 Å². The van der Waals surface area contributed by atoms with Gasteiger partial charge >= 0.3 is 11.9 Å². The molecule has 4 rings (SSSR count). The minimum absolute atomic E-state index is 0.0186. The molecule has 7 nitrogen and oxygen atoms in total. The summed E-state index contributed by atoms with van der Waals surface area (Å²) in [5.74, 6) is -0.519. The molecule has 1 saturated carbocycles. The Balaban J connectivity index is 1.74. The van der Waals surface area contributed by atoms with Crippen LogP contribution < -0.4 is 5.32 Å². The summed E-state index contributed by atoms with van der Waals surface area (Å²) in [5, 5.41) is 24.4. The Labute approximate surface area is 164 Å². The third-order valence-electron chi connectivity index (χ3n) is 7.24. The number of aliphatic hydroxyl groups is 1. The Kier molecular flexibility index (Phi) is 4.35. The molecule has 1 aromatic rings. The lowest BCUT2D eigenvalue weighted by Crippen LogP contribution is -2.73. The van der Waals surface area contributed by atoms with Crippen LogP contribution in [0.4, 0.5) is 4.79 Å². The summed E-state index contributed by atoms with van der Waals surface area (Å²) in [6, 6.07) is 4.83. The van der Waals surface area contributed by atoms with Crippen LogP contribution in [0, 0.1) is 5.92 Å². The molecule has 1 aromatic carbocycles. The molecule has 3 aliphatic rings. The molecule has 150 valence electrons. The summed E-state index contributed by atoms with van der Waals surface area (Å²) >= 11 is 0. The van der Waals surface area contributed by atoms with Gasteiger partial charge in [0.05, 0.1) is 25.3 Å². The van der Waals surface area contributed by atoms with Gasteiger partial charge in [0.1, 0.15) is 5.75 Å². The fourth-order valence-corrected chi connectivity index (χ4v) is 5.75. The molecule has 28 heavy (non-hydrogen) atoms. The third-order valence-corrected chi connectivity index (χ3v) is 7.24. The fraction of sp³-hybridized carbons (Fsp3) is 0.571. The second-order valence-corrected chi connectivity index (χ2v) is 8.73. The van der Waals surface area contributed by atoms with Crippen LogP contribution in [0.25, 0.3) is 0 Å². The molecule has 1 aliphatic heterocycles. The first-order chi connectivity index (χ1) is 13.2. The number of likely N-dealkylation sites (tertiary alicyclic amines) is 1. The van der Waals surface area contributed by atoms with Crippen LogP contribution >= 0.6 is 0 Å². The molecule has 0 aromatic heterocycles. The van der Waals surface area contributed by atoms with Crippen LogP contribution in [0.1, 0.15) is 36.8 Å². The SMILES string of the molecule is C=[N+](C)C(=O)NC(=O)C1CCC2(O)C3Cc4ccc(O)cc4C2(CCN3C)C1. The van der Waals surface area contributed by atoms with Gasteiger partial charge in [0, 0.05) is 11.5 Å². The van der Waals surface area contributed by atoms with Gasteiger partial charge in [-0.2, -0.15) is 10.1 Å². The van der Waals surface area contributed by atoms with Gasteiger partial charge in [-0.1, -0.05) is 6.07 Å². The Morgan fingerprint density at radius 2 is 2.11 bits per heavy atom. The van der Waals surface area contributed by atoms with E-state index in [1.165, 1.54) is 7.05 Å². The summed E-state index contributed by atoms with van der Waals surface area (Å²) < 4.78 is 1.09. The molecule has 1 heterocycles. The Morgan fingerprint density at radius 3 is 2.82 bits per heavy atom. The minimum atomic E-state index is -0.954. The van der Waals surface area contributed by atoms with Crippen LogP contribution in [-0.4, -0.2) is 70.6 Å². The smallest absolute Gasteiger partial charge is 0.497 e. The molecule has 4 atom stereocenters. The summed E-state index contributed by atoms with van der Waals surface area (Å²) in [7, 11) is 3.53. The summed E-state index contributed by atoms with van der Waals surface area (Å²) in [6.45, 7) is 4.32. The molecule has 1 saturated heterocycles. The molecule has 3 amide bonds. The zero-order chi connectivity index (χ0) is 20.3. The van der Waals surface area contributed by atoms with Gasteiger partial charge < -0.3 is 15.1 Å². The molecular formula is C21H28N3O4+. The first-order valence-electron chi connectivity index (χ1n) is 9.82. The number of hydrogen-bond donors (Lipinski definition) is 3. The second kappa shape index (κ2) is 6.39. The van der Waals surface area contributed by atoms with Crippen molar-refractivity contribution < 1.29 is 24.4 Å². The van der Waals surface area contributed by atoms with Gasteiger partial charge in [-0.15, -0.1) is 0 Å². The number of hydrogen-bond acceptors (Lipinski definition) is 5. The monoisotopic (exact) mass is 386 g/mol. The third kappa shape index (κ3) is 2.60. The van der Waals surface area contributed by atoms with Gasteiger partial charge in [-0.25, -0.2) is 9.37 Å². The van der Waals surface area contributed by atoms with Crippen LogP contribution in [0.15, 0.2) is 18.2 Å². The standard InChI is InChI=1S/C21H27N3O4/c1-23(2)19(27)22-18(26)14-6-7-21(28)17-10-13-4-5-15(25)11-16(13)20(21,12-14)8-9-24(17)3/h4-5,11,14,17,28H,1,6-10,12H2,2-3H3,(H-,22,25,26,27)/p+1. The van der Waals surface area contributed by atoms with Crippen molar-refractivity contribution in [2.75, 3.05) is 20.6 Å². The average molecular weight is 386 g/mol. The minimum Gasteiger partial charge on any atom is -0.508 e. The number of nitrogens with one attached hydrogen (secondary N) is 1. The number of aromatic hydroxyl groups is 1. The maximum atomic E-state index is 12.8. The molecule has 2 bridgehead atoms. The molecular weight excluding hydrogens is 358 g/mol. The molecule has 2 aliphatic carbocycles. The first kappa shape index (κ1) is 19.1. The fourth-order valence-electron chi connectivity index (χ4n) is 5.75. The van der Waals surface area contributed by atoms with E-state index < -0.39 is 17.0 Å². The predicted octanol–water partition coefficient (Wildman–Crippen LogP) is 1.00. The number of likely N-dealkylation sites (N-methyl/N-ethyl adjacent to an activating group) is 1. The number of carbonyl (C=O) groups excluding carboxylic acids is 2. The number of carbonyl (C=O) groups is 2. The van der Waals surface area contributed by atoms with E-state index in [0.29, 0.717) is 25.7 Å². The number of benzene rings is 1. The van der Waals surface area contributed by atoms with E-state index in [0.717, 1.165) is 28.7 Å². The second-order valence-electron chi connectivity index (χ2n) is 8.73. The maximum Gasteiger partial charge on any atom is 0.497 e. The molecule has 0 spiro atoms. The number of phenols is 1. The van der Waals surface area contributed by atoms with Crippen molar-refractivity contribution in [1.82, 2.24) is 10.2 Å².